The minimum absolute atomic E-state index is 0.0614. The smallest absolute Gasteiger partial charge is 0.220 e. The van der Waals surface area contributed by atoms with Crippen molar-refractivity contribution in [3.8, 4) is 17.0 Å². The zero-order valence-electron chi connectivity index (χ0n) is 15.6. The fourth-order valence-electron chi connectivity index (χ4n) is 3.83. The molecule has 1 amide bonds. The van der Waals surface area contributed by atoms with Gasteiger partial charge >= 0.3 is 0 Å². The SMILES string of the molecule is C[C@@H](Oc1cc(-c2ccn(C)n2)cc2ncn(C3CC3)c12)[C@H]1CNC(=O)C1. The highest BCUT2D eigenvalue weighted by molar-refractivity contribution is 5.87. The summed E-state index contributed by atoms with van der Waals surface area (Å²) in [7, 11) is 1.91. The van der Waals surface area contributed by atoms with Crippen LogP contribution < -0.4 is 10.1 Å². The highest BCUT2D eigenvalue weighted by atomic mass is 16.5. The Bertz CT molecular complexity index is 1020. The van der Waals surface area contributed by atoms with Crippen molar-refractivity contribution >= 4 is 16.9 Å². The van der Waals surface area contributed by atoms with Crippen LogP contribution in [-0.4, -0.2) is 37.9 Å². The van der Waals surface area contributed by atoms with Crippen molar-refractivity contribution < 1.29 is 9.53 Å². The molecule has 27 heavy (non-hydrogen) atoms. The van der Waals surface area contributed by atoms with Crippen LogP contribution in [0.3, 0.4) is 0 Å². The second-order valence-corrected chi connectivity index (χ2v) is 7.69. The predicted molar refractivity (Wildman–Crippen MR) is 101 cm³/mol. The molecule has 0 radical (unpaired) electrons. The molecule has 1 aliphatic heterocycles. The van der Waals surface area contributed by atoms with Gasteiger partial charge in [0.25, 0.3) is 0 Å². The molecule has 2 atom stereocenters. The summed E-state index contributed by atoms with van der Waals surface area (Å²) in [5.74, 6) is 1.11. The Balaban J connectivity index is 1.56. The zero-order valence-corrected chi connectivity index (χ0v) is 15.6. The molecule has 0 bridgehead atoms. The number of aryl methyl sites for hydroxylation is 1. The zero-order chi connectivity index (χ0) is 18.5. The van der Waals surface area contributed by atoms with Crippen molar-refractivity contribution in [2.75, 3.05) is 6.54 Å². The van der Waals surface area contributed by atoms with Crippen molar-refractivity contribution in [2.45, 2.75) is 38.3 Å². The van der Waals surface area contributed by atoms with E-state index in [1.807, 2.05) is 32.6 Å². The number of aromatic nitrogens is 4. The number of rotatable bonds is 5. The summed E-state index contributed by atoms with van der Waals surface area (Å²) in [6.45, 7) is 2.72. The molecular weight excluding hydrogens is 342 g/mol. The van der Waals surface area contributed by atoms with Crippen molar-refractivity contribution in [3.63, 3.8) is 0 Å². The number of imidazole rings is 1. The van der Waals surface area contributed by atoms with Gasteiger partial charge in [-0.05, 0) is 38.0 Å². The molecule has 1 saturated heterocycles. The quantitative estimate of drug-likeness (QED) is 0.754. The van der Waals surface area contributed by atoms with Crippen LogP contribution in [-0.2, 0) is 11.8 Å². The van der Waals surface area contributed by atoms with Gasteiger partial charge < -0.3 is 14.6 Å². The Morgan fingerprint density at radius 2 is 2.19 bits per heavy atom. The minimum atomic E-state index is -0.0614. The lowest BCUT2D eigenvalue weighted by Gasteiger charge is -2.21. The van der Waals surface area contributed by atoms with E-state index in [1.165, 1.54) is 12.8 Å². The van der Waals surface area contributed by atoms with Crippen molar-refractivity contribution in [2.24, 2.45) is 13.0 Å². The van der Waals surface area contributed by atoms with Crippen LogP contribution in [0.4, 0.5) is 0 Å². The number of carbonyl (C=O) groups is 1. The van der Waals surface area contributed by atoms with E-state index in [0.29, 0.717) is 19.0 Å². The third-order valence-electron chi connectivity index (χ3n) is 5.57. The summed E-state index contributed by atoms with van der Waals surface area (Å²) in [4.78, 5) is 16.2. The molecule has 2 aliphatic rings. The van der Waals surface area contributed by atoms with E-state index in [1.54, 1.807) is 4.68 Å². The largest absolute Gasteiger partial charge is 0.488 e. The summed E-state index contributed by atoms with van der Waals surface area (Å²) >= 11 is 0. The number of hydrogen-bond donors (Lipinski definition) is 1. The summed E-state index contributed by atoms with van der Waals surface area (Å²) in [5, 5.41) is 7.42. The molecule has 5 rings (SSSR count). The molecule has 1 aromatic carbocycles. The van der Waals surface area contributed by atoms with Gasteiger partial charge in [0.05, 0.1) is 17.5 Å². The molecule has 140 valence electrons. The van der Waals surface area contributed by atoms with E-state index in [4.69, 9.17) is 4.74 Å². The molecule has 1 N–H and O–H groups in total. The Kier molecular flexibility index (Phi) is 3.70. The van der Waals surface area contributed by atoms with E-state index in [0.717, 1.165) is 28.0 Å². The van der Waals surface area contributed by atoms with Crippen LogP contribution in [0.5, 0.6) is 5.75 Å². The van der Waals surface area contributed by atoms with E-state index in [-0.39, 0.29) is 17.9 Å². The number of fused-ring (bicyclic) bond motifs is 1. The van der Waals surface area contributed by atoms with E-state index >= 15 is 0 Å². The number of carbonyl (C=O) groups excluding carboxylic acids is 1. The highest BCUT2D eigenvalue weighted by Crippen LogP contribution is 2.41. The molecule has 0 unspecified atom stereocenters. The van der Waals surface area contributed by atoms with Crippen LogP contribution in [0.15, 0.2) is 30.7 Å². The van der Waals surface area contributed by atoms with Crippen LogP contribution in [0.2, 0.25) is 0 Å². The second-order valence-electron chi connectivity index (χ2n) is 7.69. The number of nitrogens with one attached hydrogen (secondary N) is 1. The van der Waals surface area contributed by atoms with E-state index in [9.17, 15) is 4.79 Å². The van der Waals surface area contributed by atoms with Gasteiger partial charge in [-0.1, -0.05) is 0 Å². The third kappa shape index (κ3) is 2.97. The molecule has 1 aliphatic carbocycles. The minimum Gasteiger partial charge on any atom is -0.488 e. The highest BCUT2D eigenvalue weighted by Gasteiger charge is 2.30. The van der Waals surface area contributed by atoms with Gasteiger partial charge in [0.15, 0.2) is 0 Å². The van der Waals surface area contributed by atoms with Crippen LogP contribution in [0, 0.1) is 5.92 Å². The van der Waals surface area contributed by atoms with Gasteiger partial charge in [-0.15, -0.1) is 0 Å². The van der Waals surface area contributed by atoms with Gasteiger partial charge in [-0.2, -0.15) is 5.10 Å². The van der Waals surface area contributed by atoms with Gasteiger partial charge in [0, 0.05) is 43.7 Å². The third-order valence-corrected chi connectivity index (χ3v) is 5.57. The number of ether oxygens (including phenoxy) is 1. The fraction of sp³-hybridized carbons (Fsp3) is 0.450. The van der Waals surface area contributed by atoms with Crippen LogP contribution in [0.1, 0.15) is 32.2 Å². The van der Waals surface area contributed by atoms with Crippen LogP contribution >= 0.6 is 0 Å². The molecule has 1 saturated carbocycles. The van der Waals surface area contributed by atoms with Gasteiger partial charge in [-0.25, -0.2) is 4.98 Å². The standard InChI is InChI=1S/C20H23N5O2/c1-12(14-9-19(26)21-10-14)27-18-8-13(16-5-6-24(2)23-16)7-17-20(18)25(11-22-17)15-3-4-15/h5-8,11-12,14-15H,3-4,9-10H2,1-2H3,(H,21,26)/t12-,14-/m1/s1. The first-order chi connectivity index (χ1) is 13.1. The van der Waals surface area contributed by atoms with Gasteiger partial charge in [-0.3, -0.25) is 9.48 Å². The van der Waals surface area contributed by atoms with Gasteiger partial charge in [0.2, 0.25) is 5.91 Å². The molecule has 7 nitrogen and oxygen atoms in total. The Morgan fingerprint density at radius 3 is 2.85 bits per heavy atom. The summed E-state index contributed by atoms with van der Waals surface area (Å²) in [6.07, 6.45) is 6.68. The normalized spacial score (nSPS) is 20.8. The van der Waals surface area contributed by atoms with Crippen LogP contribution in [0.25, 0.3) is 22.3 Å². The first-order valence-corrected chi connectivity index (χ1v) is 9.52. The maximum atomic E-state index is 11.6. The lowest BCUT2D eigenvalue weighted by atomic mass is 10.0. The Morgan fingerprint density at radius 1 is 1.33 bits per heavy atom. The molecule has 2 aromatic heterocycles. The second kappa shape index (κ2) is 6.11. The number of nitrogens with zero attached hydrogens (tertiary/aromatic N) is 4. The van der Waals surface area contributed by atoms with Crippen molar-refractivity contribution in [3.05, 3.63) is 30.7 Å². The maximum Gasteiger partial charge on any atom is 0.220 e. The first-order valence-electron chi connectivity index (χ1n) is 9.52. The first kappa shape index (κ1) is 16.4. The topological polar surface area (TPSA) is 74.0 Å². The average molecular weight is 365 g/mol. The number of hydrogen-bond acceptors (Lipinski definition) is 4. The Labute approximate surface area is 157 Å². The molecule has 3 heterocycles. The van der Waals surface area contributed by atoms with E-state index in [2.05, 4.69) is 32.1 Å². The lowest BCUT2D eigenvalue weighted by molar-refractivity contribution is -0.119. The predicted octanol–water partition coefficient (Wildman–Crippen LogP) is 2.68. The maximum absolute atomic E-state index is 11.6. The molecular formula is C20H23N5O2. The molecule has 2 fully saturated rings. The molecule has 3 aromatic rings. The summed E-state index contributed by atoms with van der Waals surface area (Å²) in [6, 6.07) is 6.65. The molecule has 7 heteroatoms. The van der Waals surface area contributed by atoms with E-state index < -0.39 is 0 Å². The monoisotopic (exact) mass is 365 g/mol. The average Bonchev–Trinajstić information content (AvgIpc) is 3.04. The summed E-state index contributed by atoms with van der Waals surface area (Å²) in [5.41, 5.74) is 3.86. The lowest BCUT2D eigenvalue weighted by Crippen LogP contribution is -2.25. The number of amides is 1. The summed E-state index contributed by atoms with van der Waals surface area (Å²) < 4.78 is 10.4. The Hall–Kier alpha value is -2.83. The fourth-order valence-corrected chi connectivity index (χ4v) is 3.83. The number of benzene rings is 1. The van der Waals surface area contributed by atoms with Gasteiger partial charge in [0.1, 0.15) is 17.4 Å². The molecule has 0 spiro atoms. The van der Waals surface area contributed by atoms with Crippen molar-refractivity contribution in [1.82, 2.24) is 24.6 Å². The van der Waals surface area contributed by atoms with Crippen molar-refractivity contribution in [1.29, 1.82) is 0 Å².